The predicted molar refractivity (Wildman–Crippen MR) is 102 cm³/mol. The molecule has 1 saturated carbocycles. The van der Waals surface area contributed by atoms with Gasteiger partial charge >= 0.3 is 12.2 Å². The Morgan fingerprint density at radius 3 is 2.00 bits per heavy atom. The van der Waals surface area contributed by atoms with Gasteiger partial charge in [0.05, 0.1) is 0 Å². The number of piperazine rings is 1. The van der Waals surface area contributed by atoms with Gasteiger partial charge in [0, 0.05) is 26.2 Å². The predicted octanol–water partition coefficient (Wildman–Crippen LogP) is 4.19. The van der Waals surface area contributed by atoms with Crippen LogP contribution >= 0.6 is 0 Å². The van der Waals surface area contributed by atoms with Gasteiger partial charge < -0.3 is 19.3 Å². The van der Waals surface area contributed by atoms with E-state index in [0.29, 0.717) is 26.2 Å². The van der Waals surface area contributed by atoms with E-state index < -0.39 is 0 Å². The molecule has 0 bridgehead atoms. The third kappa shape index (κ3) is 6.15. The third-order valence-electron chi connectivity index (χ3n) is 5.32. The number of benzene rings is 1. The molecule has 27 heavy (non-hydrogen) atoms. The molecular weight excluding hydrogens is 344 g/mol. The van der Waals surface area contributed by atoms with Crippen LogP contribution in [0, 0.1) is 0 Å². The summed E-state index contributed by atoms with van der Waals surface area (Å²) >= 11 is 0. The van der Waals surface area contributed by atoms with E-state index in [4.69, 9.17) is 9.47 Å². The summed E-state index contributed by atoms with van der Waals surface area (Å²) in [6.45, 7) is 2.21. The molecule has 0 spiro atoms. The van der Waals surface area contributed by atoms with Crippen LogP contribution in [0.1, 0.15) is 50.5 Å². The fraction of sp³-hybridized carbons (Fsp3) is 0.619. The van der Waals surface area contributed by atoms with Crippen LogP contribution in [0.2, 0.25) is 0 Å². The zero-order valence-corrected chi connectivity index (χ0v) is 16.0. The number of carbonyl (C=O) groups is 2. The highest BCUT2D eigenvalue weighted by molar-refractivity contribution is 5.70. The van der Waals surface area contributed by atoms with Crippen molar-refractivity contribution in [1.82, 2.24) is 9.80 Å². The number of nitrogens with zero attached hydrogens (tertiary/aromatic N) is 2. The van der Waals surface area contributed by atoms with Crippen molar-refractivity contribution in [2.75, 3.05) is 26.2 Å². The molecule has 1 aliphatic carbocycles. The van der Waals surface area contributed by atoms with Crippen molar-refractivity contribution in [2.45, 2.75) is 57.7 Å². The van der Waals surface area contributed by atoms with Gasteiger partial charge in [-0.3, -0.25) is 0 Å². The summed E-state index contributed by atoms with van der Waals surface area (Å²) < 4.78 is 11.1. The largest absolute Gasteiger partial charge is 0.446 e. The van der Waals surface area contributed by atoms with Crippen LogP contribution in [-0.4, -0.2) is 54.3 Å². The molecule has 3 rings (SSSR count). The molecule has 148 valence electrons. The molecule has 0 unspecified atom stereocenters. The Kier molecular flexibility index (Phi) is 7.36. The second-order valence-electron chi connectivity index (χ2n) is 7.37. The molecule has 0 aromatic heterocycles. The molecule has 0 atom stereocenters. The number of ether oxygens (including phenoxy) is 2. The van der Waals surface area contributed by atoms with Gasteiger partial charge in [-0.1, -0.05) is 49.6 Å². The molecule has 0 radical (unpaired) electrons. The van der Waals surface area contributed by atoms with E-state index in [-0.39, 0.29) is 24.9 Å². The van der Waals surface area contributed by atoms with E-state index in [9.17, 15) is 9.59 Å². The van der Waals surface area contributed by atoms with Crippen LogP contribution < -0.4 is 0 Å². The molecule has 1 aromatic rings. The third-order valence-corrected chi connectivity index (χ3v) is 5.32. The van der Waals surface area contributed by atoms with Crippen LogP contribution in [0.5, 0.6) is 0 Å². The Labute approximate surface area is 161 Å². The van der Waals surface area contributed by atoms with Gasteiger partial charge in [0.1, 0.15) is 12.7 Å². The molecule has 1 saturated heterocycles. The fourth-order valence-electron chi connectivity index (χ4n) is 3.64. The lowest BCUT2D eigenvalue weighted by atomic mass is 9.99. The summed E-state index contributed by atoms with van der Waals surface area (Å²) in [6.07, 6.45) is 7.46. The maximum absolute atomic E-state index is 12.4. The summed E-state index contributed by atoms with van der Waals surface area (Å²) in [7, 11) is 0. The SMILES string of the molecule is O=C(OCc1ccccc1)N1CCN(C(=O)OC2CCCCCCC2)CC1. The van der Waals surface area contributed by atoms with Crippen LogP contribution in [0.15, 0.2) is 30.3 Å². The molecule has 6 nitrogen and oxygen atoms in total. The number of carbonyl (C=O) groups excluding carboxylic acids is 2. The van der Waals surface area contributed by atoms with Crippen LogP contribution in [0.3, 0.4) is 0 Å². The molecular formula is C21H30N2O4. The molecule has 2 fully saturated rings. The number of amides is 2. The molecule has 1 aromatic carbocycles. The highest BCUT2D eigenvalue weighted by atomic mass is 16.6. The van der Waals surface area contributed by atoms with Crippen molar-refractivity contribution in [3.63, 3.8) is 0 Å². The lowest BCUT2D eigenvalue weighted by molar-refractivity contribution is 0.0322. The summed E-state index contributed by atoms with van der Waals surface area (Å²) in [5.74, 6) is 0. The first kappa shape index (κ1) is 19.5. The maximum Gasteiger partial charge on any atom is 0.410 e. The Balaban J connectivity index is 1.38. The lowest BCUT2D eigenvalue weighted by Crippen LogP contribution is -2.51. The summed E-state index contributed by atoms with van der Waals surface area (Å²) in [4.78, 5) is 28.0. The summed E-state index contributed by atoms with van der Waals surface area (Å²) in [6, 6.07) is 9.63. The molecule has 0 N–H and O–H groups in total. The first-order valence-corrected chi connectivity index (χ1v) is 10.1. The molecule has 2 amide bonds. The molecule has 2 aliphatic rings. The monoisotopic (exact) mass is 374 g/mol. The first-order valence-electron chi connectivity index (χ1n) is 10.1. The molecule has 1 aliphatic heterocycles. The zero-order valence-electron chi connectivity index (χ0n) is 16.0. The normalized spacial score (nSPS) is 19.1. The Morgan fingerprint density at radius 2 is 1.37 bits per heavy atom. The lowest BCUT2D eigenvalue weighted by Gasteiger charge is -2.34. The van der Waals surface area contributed by atoms with E-state index in [0.717, 1.165) is 31.2 Å². The Bertz CT molecular complexity index is 591. The van der Waals surface area contributed by atoms with Crippen molar-refractivity contribution in [3.8, 4) is 0 Å². The minimum atomic E-state index is -0.327. The van der Waals surface area contributed by atoms with Gasteiger partial charge in [-0.2, -0.15) is 0 Å². The smallest absolute Gasteiger partial charge is 0.410 e. The van der Waals surface area contributed by atoms with Crippen LogP contribution in [-0.2, 0) is 16.1 Å². The van der Waals surface area contributed by atoms with E-state index in [1.807, 2.05) is 30.3 Å². The van der Waals surface area contributed by atoms with Gasteiger partial charge in [0.25, 0.3) is 0 Å². The highest BCUT2D eigenvalue weighted by Gasteiger charge is 2.27. The second-order valence-corrected chi connectivity index (χ2v) is 7.37. The number of hydrogen-bond acceptors (Lipinski definition) is 4. The van der Waals surface area contributed by atoms with Crippen molar-refractivity contribution < 1.29 is 19.1 Å². The maximum atomic E-state index is 12.4. The van der Waals surface area contributed by atoms with Crippen molar-refractivity contribution in [3.05, 3.63) is 35.9 Å². The van der Waals surface area contributed by atoms with Crippen LogP contribution in [0.4, 0.5) is 9.59 Å². The average molecular weight is 374 g/mol. The van der Waals surface area contributed by atoms with E-state index in [1.165, 1.54) is 19.3 Å². The number of rotatable bonds is 3. The van der Waals surface area contributed by atoms with Crippen LogP contribution in [0.25, 0.3) is 0 Å². The van der Waals surface area contributed by atoms with Crippen molar-refractivity contribution in [1.29, 1.82) is 0 Å². The van der Waals surface area contributed by atoms with Gasteiger partial charge in [-0.25, -0.2) is 9.59 Å². The van der Waals surface area contributed by atoms with Crippen molar-refractivity contribution in [2.24, 2.45) is 0 Å². The highest BCUT2D eigenvalue weighted by Crippen LogP contribution is 2.20. The topological polar surface area (TPSA) is 59.1 Å². The summed E-state index contributed by atoms with van der Waals surface area (Å²) in [5, 5.41) is 0. The first-order chi connectivity index (χ1) is 13.2. The second kappa shape index (κ2) is 10.2. The number of hydrogen-bond donors (Lipinski definition) is 0. The molecule has 6 heteroatoms. The van der Waals surface area contributed by atoms with Gasteiger partial charge in [0.2, 0.25) is 0 Å². The van der Waals surface area contributed by atoms with E-state index >= 15 is 0 Å². The van der Waals surface area contributed by atoms with Crippen molar-refractivity contribution >= 4 is 12.2 Å². The van der Waals surface area contributed by atoms with Gasteiger partial charge in [-0.15, -0.1) is 0 Å². The van der Waals surface area contributed by atoms with Gasteiger partial charge in [-0.05, 0) is 31.2 Å². The quantitative estimate of drug-likeness (QED) is 0.796. The minimum Gasteiger partial charge on any atom is -0.446 e. The Hall–Kier alpha value is -2.24. The fourth-order valence-corrected chi connectivity index (χ4v) is 3.64. The molecule has 1 heterocycles. The minimum absolute atomic E-state index is 0.0478. The standard InChI is InChI=1S/C21H30N2O4/c24-20(26-17-18-9-5-4-6-10-18)22-13-15-23(16-14-22)21(25)27-19-11-7-2-1-3-8-12-19/h4-6,9-10,19H,1-3,7-8,11-17H2. The Morgan fingerprint density at radius 1 is 0.815 bits per heavy atom. The summed E-state index contributed by atoms with van der Waals surface area (Å²) in [5.41, 5.74) is 0.965. The van der Waals surface area contributed by atoms with E-state index in [2.05, 4.69) is 0 Å². The average Bonchev–Trinajstić information content (AvgIpc) is 2.69. The van der Waals surface area contributed by atoms with Gasteiger partial charge in [0.15, 0.2) is 0 Å². The van der Waals surface area contributed by atoms with E-state index in [1.54, 1.807) is 9.80 Å². The zero-order chi connectivity index (χ0) is 18.9.